The lowest BCUT2D eigenvalue weighted by Crippen LogP contribution is -2.09. The maximum atomic E-state index is 13.7. The van der Waals surface area contributed by atoms with Gasteiger partial charge in [0.15, 0.2) is 11.6 Å². The molecule has 0 bridgehead atoms. The molecule has 102 valence electrons. The van der Waals surface area contributed by atoms with Gasteiger partial charge in [0, 0.05) is 31.1 Å². The molecular formula is C13H14F3N3. The largest absolute Gasteiger partial charge is 0.355 e. The summed E-state index contributed by atoms with van der Waals surface area (Å²) in [7, 11) is 0. The number of benzene rings is 1. The Kier molecular flexibility index (Phi) is 4.09. The molecule has 0 aliphatic heterocycles. The van der Waals surface area contributed by atoms with Crippen molar-refractivity contribution in [1.29, 1.82) is 0 Å². The molecule has 1 aromatic carbocycles. The van der Waals surface area contributed by atoms with Gasteiger partial charge in [0.25, 0.3) is 0 Å². The fourth-order valence-corrected chi connectivity index (χ4v) is 1.72. The quantitative estimate of drug-likeness (QED) is 0.665. The van der Waals surface area contributed by atoms with Crippen molar-refractivity contribution < 1.29 is 13.2 Å². The molecule has 1 N–H and O–H groups in total. The summed E-state index contributed by atoms with van der Waals surface area (Å²) in [6.07, 6.45) is 4.81. The molecule has 1 heterocycles. The van der Waals surface area contributed by atoms with Crippen LogP contribution in [0.1, 0.15) is 19.8 Å². The van der Waals surface area contributed by atoms with Crippen LogP contribution in [0.3, 0.4) is 0 Å². The molecule has 0 aliphatic rings. The Morgan fingerprint density at radius 2 is 2.05 bits per heavy atom. The maximum Gasteiger partial charge on any atom is 0.207 e. The molecule has 0 fully saturated rings. The van der Waals surface area contributed by atoms with Crippen LogP contribution >= 0.6 is 0 Å². The molecule has 2 rings (SSSR count). The van der Waals surface area contributed by atoms with Crippen molar-refractivity contribution in [3.8, 4) is 5.69 Å². The second-order valence-corrected chi connectivity index (χ2v) is 4.12. The first-order chi connectivity index (χ1) is 9.13. The van der Waals surface area contributed by atoms with E-state index in [0.717, 1.165) is 18.9 Å². The summed E-state index contributed by atoms with van der Waals surface area (Å²) in [5.74, 6) is -2.79. The standard InChI is InChI=1S/C13H14F3N3/c1-2-3-4-17-13-18-5-6-19(13)11-8-9(14)7-10(15)12(11)16/h5-8H,2-4H2,1H3,(H,17,18). The van der Waals surface area contributed by atoms with Gasteiger partial charge in [-0.3, -0.25) is 4.57 Å². The van der Waals surface area contributed by atoms with Gasteiger partial charge in [-0.05, 0) is 6.42 Å². The van der Waals surface area contributed by atoms with Gasteiger partial charge in [0.05, 0.1) is 5.69 Å². The van der Waals surface area contributed by atoms with Crippen LogP contribution in [0.4, 0.5) is 19.1 Å². The Labute approximate surface area is 109 Å². The van der Waals surface area contributed by atoms with Crippen LogP contribution in [-0.4, -0.2) is 16.1 Å². The lowest BCUT2D eigenvalue weighted by molar-refractivity contribution is 0.490. The summed E-state index contributed by atoms with van der Waals surface area (Å²) in [6, 6.07) is 1.45. The van der Waals surface area contributed by atoms with Crippen molar-refractivity contribution in [3.05, 3.63) is 42.0 Å². The average Bonchev–Trinajstić information content (AvgIpc) is 2.82. The Bertz CT molecular complexity index is 566. The van der Waals surface area contributed by atoms with Gasteiger partial charge in [-0.1, -0.05) is 13.3 Å². The minimum atomic E-state index is -1.22. The number of aromatic nitrogens is 2. The summed E-state index contributed by atoms with van der Waals surface area (Å²) in [6.45, 7) is 2.70. The lowest BCUT2D eigenvalue weighted by Gasteiger charge is -2.10. The van der Waals surface area contributed by atoms with Crippen molar-refractivity contribution in [2.75, 3.05) is 11.9 Å². The molecular weight excluding hydrogens is 255 g/mol. The molecule has 0 saturated heterocycles. The number of nitrogens with one attached hydrogen (secondary N) is 1. The smallest absolute Gasteiger partial charge is 0.207 e. The molecule has 2 aromatic rings. The zero-order valence-electron chi connectivity index (χ0n) is 10.5. The van der Waals surface area contributed by atoms with E-state index in [1.807, 2.05) is 6.92 Å². The van der Waals surface area contributed by atoms with E-state index in [9.17, 15) is 13.2 Å². The number of nitrogens with zero attached hydrogens (tertiary/aromatic N) is 2. The SMILES string of the molecule is CCCCNc1nccn1-c1cc(F)cc(F)c1F. The van der Waals surface area contributed by atoms with Gasteiger partial charge in [0.2, 0.25) is 5.95 Å². The van der Waals surface area contributed by atoms with Crippen molar-refractivity contribution in [3.63, 3.8) is 0 Å². The number of hydrogen-bond acceptors (Lipinski definition) is 2. The number of imidazole rings is 1. The summed E-state index contributed by atoms with van der Waals surface area (Å²) in [5, 5.41) is 3.00. The highest BCUT2D eigenvalue weighted by Gasteiger charge is 2.15. The second kappa shape index (κ2) is 5.77. The first-order valence-electron chi connectivity index (χ1n) is 6.05. The highest BCUT2D eigenvalue weighted by atomic mass is 19.2. The normalized spacial score (nSPS) is 10.7. The van der Waals surface area contributed by atoms with Gasteiger partial charge < -0.3 is 5.32 Å². The lowest BCUT2D eigenvalue weighted by atomic mass is 10.3. The monoisotopic (exact) mass is 269 g/mol. The van der Waals surface area contributed by atoms with Gasteiger partial charge in [-0.25, -0.2) is 18.2 Å². The Morgan fingerprint density at radius 3 is 2.79 bits per heavy atom. The van der Waals surface area contributed by atoms with Gasteiger partial charge in [-0.2, -0.15) is 0 Å². The van der Waals surface area contributed by atoms with E-state index < -0.39 is 17.5 Å². The zero-order chi connectivity index (χ0) is 13.8. The van der Waals surface area contributed by atoms with Crippen molar-refractivity contribution in [2.45, 2.75) is 19.8 Å². The van der Waals surface area contributed by atoms with E-state index in [0.29, 0.717) is 18.6 Å². The first-order valence-corrected chi connectivity index (χ1v) is 6.05. The van der Waals surface area contributed by atoms with Crippen LogP contribution in [0.15, 0.2) is 24.5 Å². The Morgan fingerprint density at radius 1 is 1.26 bits per heavy atom. The summed E-state index contributed by atoms with van der Waals surface area (Å²) >= 11 is 0. The fourth-order valence-electron chi connectivity index (χ4n) is 1.72. The van der Waals surface area contributed by atoms with Crippen LogP contribution in [-0.2, 0) is 0 Å². The highest BCUT2D eigenvalue weighted by Crippen LogP contribution is 2.21. The van der Waals surface area contributed by atoms with Crippen LogP contribution in [0.25, 0.3) is 5.69 Å². The van der Waals surface area contributed by atoms with E-state index >= 15 is 0 Å². The van der Waals surface area contributed by atoms with E-state index in [1.165, 1.54) is 17.0 Å². The second-order valence-electron chi connectivity index (χ2n) is 4.12. The summed E-state index contributed by atoms with van der Waals surface area (Å²) < 4.78 is 41.4. The molecule has 0 aliphatic carbocycles. The first kappa shape index (κ1) is 13.5. The molecule has 6 heteroatoms. The van der Waals surface area contributed by atoms with Gasteiger partial charge in [0.1, 0.15) is 5.82 Å². The highest BCUT2D eigenvalue weighted by molar-refractivity contribution is 5.43. The molecule has 1 aromatic heterocycles. The molecule has 0 saturated carbocycles. The van der Waals surface area contributed by atoms with Crippen LogP contribution < -0.4 is 5.32 Å². The molecule has 19 heavy (non-hydrogen) atoms. The zero-order valence-corrected chi connectivity index (χ0v) is 10.5. The van der Waals surface area contributed by atoms with Crippen molar-refractivity contribution in [2.24, 2.45) is 0 Å². The molecule has 0 radical (unpaired) electrons. The van der Waals surface area contributed by atoms with Crippen LogP contribution in [0.2, 0.25) is 0 Å². The van der Waals surface area contributed by atoms with Crippen LogP contribution in [0.5, 0.6) is 0 Å². The summed E-state index contributed by atoms with van der Waals surface area (Å²) in [4.78, 5) is 4.01. The minimum absolute atomic E-state index is 0.200. The third-order valence-corrected chi connectivity index (χ3v) is 2.69. The number of anilines is 1. The van der Waals surface area contributed by atoms with E-state index in [1.54, 1.807) is 0 Å². The number of halogens is 3. The fraction of sp³-hybridized carbons (Fsp3) is 0.308. The maximum absolute atomic E-state index is 13.7. The number of hydrogen-bond donors (Lipinski definition) is 1. The minimum Gasteiger partial charge on any atom is -0.355 e. The number of unbranched alkanes of at least 4 members (excludes halogenated alkanes) is 1. The topological polar surface area (TPSA) is 29.9 Å². The van der Waals surface area contributed by atoms with E-state index in [2.05, 4.69) is 10.3 Å². The number of rotatable bonds is 5. The predicted octanol–water partition coefficient (Wildman–Crippen LogP) is 3.50. The van der Waals surface area contributed by atoms with Crippen LogP contribution in [0, 0.1) is 17.5 Å². The predicted molar refractivity (Wildman–Crippen MR) is 66.8 cm³/mol. The summed E-state index contributed by atoms with van der Waals surface area (Å²) in [5.41, 5.74) is -0.200. The Balaban J connectivity index is 2.34. The average molecular weight is 269 g/mol. The molecule has 0 amide bonds. The van der Waals surface area contributed by atoms with Crippen molar-refractivity contribution in [1.82, 2.24) is 9.55 Å². The third-order valence-electron chi connectivity index (χ3n) is 2.69. The van der Waals surface area contributed by atoms with Gasteiger partial charge in [-0.15, -0.1) is 0 Å². The van der Waals surface area contributed by atoms with E-state index in [-0.39, 0.29) is 5.69 Å². The van der Waals surface area contributed by atoms with Gasteiger partial charge >= 0.3 is 0 Å². The molecule has 0 atom stereocenters. The van der Waals surface area contributed by atoms with E-state index in [4.69, 9.17) is 0 Å². The Hall–Kier alpha value is -1.98. The molecule has 0 unspecified atom stereocenters. The molecule has 0 spiro atoms. The van der Waals surface area contributed by atoms with Crippen molar-refractivity contribution >= 4 is 5.95 Å². The molecule has 3 nitrogen and oxygen atoms in total. The third kappa shape index (κ3) is 2.89.